The molecule has 0 unspecified atom stereocenters. The standard InChI is InChI=1S/C17H13F2N3O3/c1-10(24-14-5-3-2-4-13(14)19)17(23)20-16-15(21-25-22-16)11-6-8-12(18)9-7-11/h2-10H,1H3,(H,20,22,23)/t10-/m1/s1. The number of ether oxygens (including phenoxy) is 1. The van der Waals surface area contributed by atoms with E-state index in [1.54, 1.807) is 6.07 Å². The van der Waals surface area contributed by atoms with Crippen LogP contribution >= 0.6 is 0 Å². The summed E-state index contributed by atoms with van der Waals surface area (Å²) in [6.07, 6.45) is -0.991. The number of hydrogen-bond donors (Lipinski definition) is 1. The Balaban J connectivity index is 1.72. The second kappa shape index (κ2) is 7.08. The highest BCUT2D eigenvalue weighted by Crippen LogP contribution is 2.25. The molecule has 3 rings (SSSR count). The van der Waals surface area contributed by atoms with Gasteiger partial charge in [0.05, 0.1) is 0 Å². The van der Waals surface area contributed by atoms with Crippen LogP contribution in [-0.2, 0) is 4.79 Å². The maximum Gasteiger partial charge on any atom is 0.266 e. The first-order valence-corrected chi connectivity index (χ1v) is 7.35. The van der Waals surface area contributed by atoms with Crippen molar-refractivity contribution in [2.75, 3.05) is 5.32 Å². The van der Waals surface area contributed by atoms with Gasteiger partial charge in [-0.05, 0) is 53.6 Å². The zero-order chi connectivity index (χ0) is 17.8. The number of halogens is 2. The van der Waals surface area contributed by atoms with Gasteiger partial charge in [0.2, 0.25) is 5.82 Å². The van der Waals surface area contributed by atoms with Gasteiger partial charge in [0.1, 0.15) is 5.82 Å². The SMILES string of the molecule is C[C@@H](Oc1ccccc1F)C(=O)Nc1nonc1-c1ccc(F)cc1. The van der Waals surface area contributed by atoms with Gasteiger partial charge in [-0.3, -0.25) is 4.79 Å². The third-order valence-corrected chi connectivity index (χ3v) is 3.36. The molecule has 2 aromatic carbocycles. The smallest absolute Gasteiger partial charge is 0.266 e. The van der Waals surface area contributed by atoms with Gasteiger partial charge in [0.15, 0.2) is 23.4 Å². The molecule has 0 aliphatic carbocycles. The molecule has 0 bridgehead atoms. The summed E-state index contributed by atoms with van der Waals surface area (Å²) in [5.74, 6) is -1.53. The predicted octanol–water partition coefficient (Wildman–Crippen LogP) is 3.42. The van der Waals surface area contributed by atoms with Crippen LogP contribution in [0.4, 0.5) is 14.6 Å². The predicted molar refractivity (Wildman–Crippen MR) is 84.8 cm³/mol. The fourth-order valence-electron chi connectivity index (χ4n) is 2.07. The van der Waals surface area contributed by atoms with Crippen molar-refractivity contribution in [3.05, 3.63) is 60.2 Å². The van der Waals surface area contributed by atoms with Crippen LogP contribution in [0.1, 0.15) is 6.92 Å². The maximum atomic E-state index is 13.6. The van der Waals surface area contributed by atoms with Crippen molar-refractivity contribution >= 4 is 11.7 Å². The third kappa shape index (κ3) is 3.79. The second-order valence-corrected chi connectivity index (χ2v) is 5.15. The lowest BCUT2D eigenvalue weighted by Gasteiger charge is -2.14. The minimum absolute atomic E-state index is 0.0396. The highest BCUT2D eigenvalue weighted by atomic mass is 19.1. The lowest BCUT2D eigenvalue weighted by atomic mass is 10.1. The van der Waals surface area contributed by atoms with Crippen LogP contribution in [0.2, 0.25) is 0 Å². The number of rotatable bonds is 5. The number of nitrogens with one attached hydrogen (secondary N) is 1. The van der Waals surface area contributed by atoms with Gasteiger partial charge in [-0.1, -0.05) is 12.1 Å². The molecule has 0 aliphatic rings. The lowest BCUT2D eigenvalue weighted by Crippen LogP contribution is -2.30. The summed E-state index contributed by atoms with van der Waals surface area (Å²) in [6, 6.07) is 11.2. The van der Waals surface area contributed by atoms with E-state index in [9.17, 15) is 13.6 Å². The zero-order valence-electron chi connectivity index (χ0n) is 13.1. The molecule has 1 heterocycles. The number of aromatic nitrogens is 2. The highest BCUT2D eigenvalue weighted by Gasteiger charge is 2.21. The summed E-state index contributed by atoms with van der Waals surface area (Å²) in [6.45, 7) is 1.47. The van der Waals surface area contributed by atoms with E-state index >= 15 is 0 Å². The number of carbonyl (C=O) groups excluding carboxylic acids is 1. The van der Waals surface area contributed by atoms with Gasteiger partial charge in [-0.2, -0.15) is 0 Å². The van der Waals surface area contributed by atoms with E-state index in [2.05, 4.69) is 20.3 Å². The van der Waals surface area contributed by atoms with Crippen LogP contribution in [0.15, 0.2) is 53.2 Å². The molecule has 0 radical (unpaired) electrons. The van der Waals surface area contributed by atoms with E-state index in [0.29, 0.717) is 5.56 Å². The molecular formula is C17H13F2N3O3. The number of amides is 1. The number of anilines is 1. The summed E-state index contributed by atoms with van der Waals surface area (Å²) in [4.78, 5) is 12.2. The molecule has 3 aromatic rings. The quantitative estimate of drug-likeness (QED) is 0.767. The van der Waals surface area contributed by atoms with Crippen molar-refractivity contribution in [1.82, 2.24) is 10.3 Å². The molecule has 1 N–H and O–H groups in total. The molecule has 0 saturated carbocycles. The molecule has 0 fully saturated rings. The Bertz CT molecular complexity index is 881. The van der Waals surface area contributed by atoms with Gasteiger partial charge in [-0.15, -0.1) is 0 Å². The van der Waals surface area contributed by atoms with Gasteiger partial charge in [0.25, 0.3) is 5.91 Å². The molecule has 8 heteroatoms. The van der Waals surface area contributed by atoms with Crippen molar-refractivity contribution in [2.24, 2.45) is 0 Å². The lowest BCUT2D eigenvalue weighted by molar-refractivity contribution is -0.122. The van der Waals surface area contributed by atoms with E-state index in [4.69, 9.17) is 4.74 Å². The Hall–Kier alpha value is -3.29. The van der Waals surface area contributed by atoms with Crippen LogP contribution in [-0.4, -0.2) is 22.3 Å². The monoisotopic (exact) mass is 345 g/mol. The molecule has 0 spiro atoms. The van der Waals surface area contributed by atoms with Crippen molar-refractivity contribution < 1.29 is 22.9 Å². The van der Waals surface area contributed by atoms with Gasteiger partial charge < -0.3 is 10.1 Å². The van der Waals surface area contributed by atoms with E-state index in [1.807, 2.05) is 0 Å². The summed E-state index contributed by atoms with van der Waals surface area (Å²) in [5.41, 5.74) is 0.757. The van der Waals surface area contributed by atoms with Crippen LogP contribution in [0, 0.1) is 11.6 Å². The van der Waals surface area contributed by atoms with Gasteiger partial charge in [-0.25, -0.2) is 13.4 Å². The van der Waals surface area contributed by atoms with Crippen LogP contribution in [0.3, 0.4) is 0 Å². The third-order valence-electron chi connectivity index (χ3n) is 3.36. The Kier molecular flexibility index (Phi) is 4.69. The number of para-hydroxylation sites is 1. The van der Waals surface area contributed by atoms with Crippen molar-refractivity contribution in [1.29, 1.82) is 0 Å². The first-order chi connectivity index (χ1) is 12.0. The number of nitrogens with zero attached hydrogens (tertiary/aromatic N) is 2. The number of benzene rings is 2. The van der Waals surface area contributed by atoms with E-state index in [-0.39, 0.29) is 17.3 Å². The fraction of sp³-hybridized carbons (Fsp3) is 0.118. The normalized spacial score (nSPS) is 11.8. The van der Waals surface area contributed by atoms with E-state index in [1.165, 1.54) is 49.4 Å². The molecule has 128 valence electrons. The van der Waals surface area contributed by atoms with Crippen LogP contribution < -0.4 is 10.1 Å². The molecule has 6 nitrogen and oxygen atoms in total. The molecular weight excluding hydrogens is 332 g/mol. The van der Waals surface area contributed by atoms with E-state index in [0.717, 1.165) is 0 Å². The summed E-state index contributed by atoms with van der Waals surface area (Å²) in [5, 5.41) is 9.82. The Labute approximate surface area is 141 Å². The topological polar surface area (TPSA) is 77.2 Å². The van der Waals surface area contributed by atoms with Crippen LogP contribution in [0.5, 0.6) is 5.75 Å². The Morgan fingerprint density at radius 2 is 1.84 bits per heavy atom. The second-order valence-electron chi connectivity index (χ2n) is 5.15. The Morgan fingerprint density at radius 3 is 2.56 bits per heavy atom. The minimum atomic E-state index is -0.991. The first-order valence-electron chi connectivity index (χ1n) is 7.35. The first kappa shape index (κ1) is 16.6. The molecule has 0 saturated heterocycles. The largest absolute Gasteiger partial charge is 0.478 e. The van der Waals surface area contributed by atoms with Gasteiger partial charge >= 0.3 is 0 Å². The molecule has 1 amide bonds. The fourth-order valence-corrected chi connectivity index (χ4v) is 2.07. The summed E-state index contributed by atoms with van der Waals surface area (Å²) in [7, 11) is 0. The van der Waals surface area contributed by atoms with Crippen molar-refractivity contribution in [2.45, 2.75) is 13.0 Å². The summed E-state index contributed by atoms with van der Waals surface area (Å²) >= 11 is 0. The zero-order valence-corrected chi connectivity index (χ0v) is 13.1. The van der Waals surface area contributed by atoms with Crippen molar-refractivity contribution in [3.63, 3.8) is 0 Å². The highest BCUT2D eigenvalue weighted by molar-refractivity contribution is 5.95. The van der Waals surface area contributed by atoms with E-state index < -0.39 is 23.6 Å². The molecule has 0 aliphatic heterocycles. The van der Waals surface area contributed by atoms with Gasteiger partial charge in [0, 0.05) is 5.56 Å². The van der Waals surface area contributed by atoms with Crippen molar-refractivity contribution in [3.8, 4) is 17.0 Å². The number of carbonyl (C=O) groups is 1. The average Bonchev–Trinajstić information content (AvgIpc) is 3.05. The molecule has 1 aromatic heterocycles. The van der Waals surface area contributed by atoms with Crippen LogP contribution in [0.25, 0.3) is 11.3 Å². The molecule has 25 heavy (non-hydrogen) atoms. The molecule has 1 atom stereocenters. The maximum absolute atomic E-state index is 13.6. The average molecular weight is 345 g/mol. The summed E-state index contributed by atoms with van der Waals surface area (Å²) < 4.78 is 36.5. The Morgan fingerprint density at radius 1 is 1.12 bits per heavy atom. The minimum Gasteiger partial charge on any atom is -0.478 e. The number of hydrogen-bond acceptors (Lipinski definition) is 5.